The molecule has 4 heteroatoms. The zero-order valence-corrected chi connectivity index (χ0v) is 10.7. The van der Waals surface area contributed by atoms with Crippen LogP contribution in [0.25, 0.3) is 11.0 Å². The summed E-state index contributed by atoms with van der Waals surface area (Å²) in [6.45, 7) is 0. The van der Waals surface area contributed by atoms with Crippen LogP contribution in [0.1, 0.15) is 0 Å². The summed E-state index contributed by atoms with van der Waals surface area (Å²) in [5.74, 6) is 0. The quantitative estimate of drug-likeness (QED) is 0.718. The number of nitrogens with one attached hydrogen (secondary N) is 1. The Labute approximate surface area is 103 Å². The van der Waals surface area contributed by atoms with Gasteiger partial charge in [-0.2, -0.15) is 0 Å². The SMILES string of the molecule is O=[Se](c1ccccc1)c1ccc2nc[nH]c2c1. The van der Waals surface area contributed by atoms with Crippen molar-refractivity contribution in [2.24, 2.45) is 0 Å². The van der Waals surface area contributed by atoms with E-state index in [1.807, 2.05) is 48.5 Å². The zero-order valence-electron chi connectivity index (χ0n) is 8.96. The average molecular weight is 289 g/mol. The summed E-state index contributed by atoms with van der Waals surface area (Å²) in [5.41, 5.74) is 1.84. The summed E-state index contributed by atoms with van der Waals surface area (Å²) in [5, 5.41) is 0. The van der Waals surface area contributed by atoms with Crippen LogP contribution in [0, 0.1) is 0 Å². The van der Waals surface area contributed by atoms with E-state index in [-0.39, 0.29) is 0 Å². The van der Waals surface area contributed by atoms with Gasteiger partial charge in [0.1, 0.15) is 0 Å². The van der Waals surface area contributed by atoms with Crippen molar-refractivity contribution < 1.29 is 3.83 Å². The molecule has 1 heterocycles. The topological polar surface area (TPSA) is 45.8 Å². The molecule has 0 saturated heterocycles. The van der Waals surface area contributed by atoms with Crippen LogP contribution in [0.5, 0.6) is 0 Å². The summed E-state index contributed by atoms with van der Waals surface area (Å²) in [6, 6.07) is 15.3. The molecular weight excluding hydrogens is 279 g/mol. The van der Waals surface area contributed by atoms with Crippen LogP contribution in [-0.4, -0.2) is 23.8 Å². The number of aromatic nitrogens is 2. The first-order valence-corrected chi connectivity index (χ1v) is 7.66. The minimum absolute atomic E-state index is 0.882. The second kappa shape index (κ2) is 4.24. The maximum atomic E-state index is 12.4. The average Bonchev–Trinajstić information content (AvgIpc) is 2.86. The number of H-pyrrole nitrogens is 1. The zero-order chi connectivity index (χ0) is 11.7. The van der Waals surface area contributed by atoms with Crippen molar-refractivity contribution in [2.45, 2.75) is 0 Å². The van der Waals surface area contributed by atoms with E-state index in [0.717, 1.165) is 20.0 Å². The summed E-state index contributed by atoms with van der Waals surface area (Å²) in [6.07, 6.45) is 1.65. The van der Waals surface area contributed by atoms with Crippen molar-refractivity contribution in [3.05, 3.63) is 54.9 Å². The molecule has 0 radical (unpaired) electrons. The molecule has 0 aliphatic rings. The molecule has 1 aromatic heterocycles. The van der Waals surface area contributed by atoms with Gasteiger partial charge in [-0.25, -0.2) is 0 Å². The second-order valence-corrected chi connectivity index (χ2v) is 6.77. The van der Waals surface area contributed by atoms with Gasteiger partial charge in [0, 0.05) is 0 Å². The Morgan fingerprint density at radius 2 is 1.82 bits per heavy atom. The van der Waals surface area contributed by atoms with Crippen molar-refractivity contribution in [2.75, 3.05) is 0 Å². The predicted octanol–water partition coefficient (Wildman–Crippen LogP) is 1.10. The molecule has 0 aliphatic heterocycles. The molecule has 84 valence electrons. The Hall–Kier alpha value is -1.77. The Balaban J connectivity index is 2.06. The van der Waals surface area contributed by atoms with E-state index in [1.165, 1.54) is 0 Å². The molecular formula is C13H10N2OSe. The van der Waals surface area contributed by atoms with Crippen LogP contribution in [-0.2, 0) is 3.83 Å². The normalized spacial score (nSPS) is 12.7. The summed E-state index contributed by atoms with van der Waals surface area (Å²) < 4.78 is 14.2. The van der Waals surface area contributed by atoms with E-state index in [4.69, 9.17) is 0 Å². The molecule has 3 rings (SSSR count). The standard InChI is InChI=1S/C13H10N2OSe/c16-17(10-4-2-1-3-5-10)11-6-7-12-13(8-11)15-9-14-12/h1-9H,(H,14,15). The molecule has 1 N–H and O–H groups in total. The van der Waals surface area contributed by atoms with E-state index in [0.29, 0.717) is 0 Å². The first-order chi connectivity index (χ1) is 8.34. The summed E-state index contributed by atoms with van der Waals surface area (Å²) >= 11 is -2.15. The first-order valence-electron chi connectivity index (χ1n) is 5.24. The molecule has 0 amide bonds. The number of imidazole rings is 1. The van der Waals surface area contributed by atoms with Gasteiger partial charge in [0.15, 0.2) is 0 Å². The molecule has 1 atom stereocenters. The van der Waals surface area contributed by atoms with Gasteiger partial charge in [-0.05, 0) is 0 Å². The van der Waals surface area contributed by atoms with Crippen LogP contribution in [0.3, 0.4) is 0 Å². The first kappa shape index (κ1) is 10.4. The minimum atomic E-state index is -2.15. The van der Waals surface area contributed by atoms with E-state index in [1.54, 1.807) is 6.33 Å². The molecule has 0 spiro atoms. The van der Waals surface area contributed by atoms with Gasteiger partial charge < -0.3 is 0 Å². The number of nitrogens with zero attached hydrogens (tertiary/aromatic N) is 1. The van der Waals surface area contributed by atoms with Gasteiger partial charge in [0.05, 0.1) is 0 Å². The van der Waals surface area contributed by atoms with Gasteiger partial charge in [-0.1, -0.05) is 0 Å². The predicted molar refractivity (Wildman–Crippen MR) is 68.2 cm³/mol. The van der Waals surface area contributed by atoms with Crippen molar-refractivity contribution in [3.63, 3.8) is 0 Å². The van der Waals surface area contributed by atoms with Gasteiger partial charge in [0.25, 0.3) is 0 Å². The number of fused-ring (bicyclic) bond motifs is 1. The fraction of sp³-hybridized carbons (Fsp3) is 0. The van der Waals surface area contributed by atoms with E-state index >= 15 is 0 Å². The van der Waals surface area contributed by atoms with E-state index in [2.05, 4.69) is 9.97 Å². The number of hydrogen-bond acceptors (Lipinski definition) is 2. The van der Waals surface area contributed by atoms with E-state index in [9.17, 15) is 3.83 Å². The van der Waals surface area contributed by atoms with E-state index < -0.39 is 13.8 Å². The van der Waals surface area contributed by atoms with Crippen molar-refractivity contribution in [3.8, 4) is 0 Å². The molecule has 1 unspecified atom stereocenters. The molecule has 0 bridgehead atoms. The molecule has 2 aromatic carbocycles. The fourth-order valence-corrected chi connectivity index (χ4v) is 4.00. The molecule has 17 heavy (non-hydrogen) atoms. The van der Waals surface area contributed by atoms with Crippen LogP contribution in [0.4, 0.5) is 0 Å². The Bertz CT molecular complexity index is 676. The summed E-state index contributed by atoms with van der Waals surface area (Å²) in [7, 11) is 0. The monoisotopic (exact) mass is 290 g/mol. The Kier molecular flexibility index (Phi) is 2.59. The van der Waals surface area contributed by atoms with Gasteiger partial charge in [-0.3, -0.25) is 0 Å². The van der Waals surface area contributed by atoms with Gasteiger partial charge in [0.2, 0.25) is 0 Å². The number of hydrogen-bond donors (Lipinski definition) is 1. The van der Waals surface area contributed by atoms with Crippen molar-refractivity contribution in [1.82, 2.24) is 9.97 Å². The molecule has 3 aromatic rings. The number of benzene rings is 2. The molecule has 3 nitrogen and oxygen atoms in total. The number of rotatable bonds is 2. The van der Waals surface area contributed by atoms with Gasteiger partial charge >= 0.3 is 102 Å². The van der Waals surface area contributed by atoms with Crippen molar-refractivity contribution in [1.29, 1.82) is 0 Å². The third kappa shape index (κ3) is 1.93. The number of aromatic amines is 1. The summed E-state index contributed by atoms with van der Waals surface area (Å²) in [4.78, 5) is 7.18. The molecule has 0 aliphatic carbocycles. The van der Waals surface area contributed by atoms with Crippen LogP contribution in [0.2, 0.25) is 0 Å². The van der Waals surface area contributed by atoms with Crippen molar-refractivity contribution >= 4 is 33.8 Å². The third-order valence-electron chi connectivity index (χ3n) is 2.56. The second-order valence-electron chi connectivity index (χ2n) is 3.66. The Morgan fingerprint density at radius 3 is 2.65 bits per heavy atom. The molecule has 0 saturated carbocycles. The molecule has 0 fully saturated rings. The van der Waals surface area contributed by atoms with Gasteiger partial charge in [-0.15, -0.1) is 0 Å². The Morgan fingerprint density at radius 1 is 1.00 bits per heavy atom. The van der Waals surface area contributed by atoms with Crippen LogP contribution in [0.15, 0.2) is 54.9 Å². The maximum absolute atomic E-state index is 12.4. The third-order valence-corrected chi connectivity index (χ3v) is 5.46. The fourth-order valence-electron chi connectivity index (χ4n) is 1.71. The van der Waals surface area contributed by atoms with Crippen LogP contribution < -0.4 is 8.92 Å². The van der Waals surface area contributed by atoms with Crippen LogP contribution >= 0.6 is 0 Å².